The molecular formula is C14H18ClN3. The first kappa shape index (κ1) is 11.8. The molecule has 1 heterocycles. The highest BCUT2D eigenvalue weighted by Gasteiger charge is 2.23. The zero-order valence-electron chi connectivity index (χ0n) is 10.6. The third-order valence-electron chi connectivity index (χ3n) is 4.03. The van der Waals surface area contributed by atoms with Crippen LogP contribution in [0.4, 0.5) is 5.95 Å². The summed E-state index contributed by atoms with van der Waals surface area (Å²) in [5.74, 6) is 1.45. The van der Waals surface area contributed by atoms with E-state index < -0.39 is 0 Å². The van der Waals surface area contributed by atoms with Crippen molar-refractivity contribution in [3.63, 3.8) is 0 Å². The van der Waals surface area contributed by atoms with Crippen LogP contribution < -0.4 is 5.73 Å². The number of nitrogen functional groups attached to an aromatic ring is 1. The van der Waals surface area contributed by atoms with Crippen molar-refractivity contribution in [3.05, 3.63) is 23.2 Å². The van der Waals surface area contributed by atoms with E-state index in [0.29, 0.717) is 12.0 Å². The van der Waals surface area contributed by atoms with Crippen molar-refractivity contribution in [1.82, 2.24) is 9.55 Å². The molecule has 96 valence electrons. The Morgan fingerprint density at radius 3 is 2.72 bits per heavy atom. The second kappa shape index (κ2) is 4.47. The minimum atomic E-state index is 0.477. The minimum absolute atomic E-state index is 0.477. The summed E-state index contributed by atoms with van der Waals surface area (Å²) >= 11 is 6.08. The molecule has 0 aliphatic heterocycles. The highest BCUT2D eigenvalue weighted by atomic mass is 35.5. The van der Waals surface area contributed by atoms with Crippen molar-refractivity contribution in [2.75, 3.05) is 5.73 Å². The van der Waals surface area contributed by atoms with E-state index in [1.54, 1.807) is 0 Å². The Balaban J connectivity index is 2.05. The molecule has 1 aliphatic carbocycles. The van der Waals surface area contributed by atoms with Gasteiger partial charge in [0.05, 0.1) is 11.0 Å². The van der Waals surface area contributed by atoms with Gasteiger partial charge in [0.1, 0.15) is 0 Å². The lowest BCUT2D eigenvalue weighted by Gasteiger charge is -2.28. The van der Waals surface area contributed by atoms with Gasteiger partial charge in [-0.05, 0) is 49.8 Å². The molecule has 0 atom stereocenters. The third-order valence-corrected chi connectivity index (χ3v) is 4.26. The van der Waals surface area contributed by atoms with Gasteiger partial charge in [0, 0.05) is 11.1 Å². The first-order valence-electron chi connectivity index (χ1n) is 6.58. The van der Waals surface area contributed by atoms with Crippen LogP contribution in [0.2, 0.25) is 5.02 Å². The monoisotopic (exact) mass is 263 g/mol. The number of fused-ring (bicyclic) bond motifs is 1. The quantitative estimate of drug-likeness (QED) is 0.844. The fraction of sp³-hybridized carbons (Fsp3) is 0.500. The molecule has 0 bridgehead atoms. The summed E-state index contributed by atoms with van der Waals surface area (Å²) in [5.41, 5.74) is 8.09. The molecule has 2 aromatic rings. The summed E-state index contributed by atoms with van der Waals surface area (Å²) < 4.78 is 2.17. The van der Waals surface area contributed by atoms with Gasteiger partial charge in [-0.25, -0.2) is 4.98 Å². The van der Waals surface area contributed by atoms with Crippen LogP contribution in [0.15, 0.2) is 18.2 Å². The molecule has 1 saturated carbocycles. The van der Waals surface area contributed by atoms with Gasteiger partial charge in [-0.2, -0.15) is 0 Å². The average molecular weight is 264 g/mol. The van der Waals surface area contributed by atoms with Crippen LogP contribution in [0.25, 0.3) is 11.0 Å². The summed E-state index contributed by atoms with van der Waals surface area (Å²) in [7, 11) is 0. The van der Waals surface area contributed by atoms with Crippen molar-refractivity contribution in [3.8, 4) is 0 Å². The molecule has 3 rings (SSSR count). The topological polar surface area (TPSA) is 43.8 Å². The van der Waals surface area contributed by atoms with E-state index >= 15 is 0 Å². The summed E-state index contributed by atoms with van der Waals surface area (Å²) in [6.45, 7) is 2.32. The minimum Gasteiger partial charge on any atom is -0.369 e. The molecule has 0 amide bonds. The van der Waals surface area contributed by atoms with Crippen LogP contribution in [-0.4, -0.2) is 9.55 Å². The predicted octanol–water partition coefficient (Wildman–Crippen LogP) is 4.02. The standard InChI is InChI=1S/C14H18ClN3/c1-9-2-5-11(6-3-9)18-13-8-10(15)4-7-12(13)17-14(18)16/h4,7-9,11H,2-3,5-6H2,1H3,(H2,16,17). The maximum atomic E-state index is 6.08. The summed E-state index contributed by atoms with van der Waals surface area (Å²) in [6.07, 6.45) is 4.90. The van der Waals surface area contributed by atoms with E-state index in [1.807, 2.05) is 18.2 Å². The van der Waals surface area contributed by atoms with E-state index in [0.717, 1.165) is 22.0 Å². The van der Waals surface area contributed by atoms with Gasteiger partial charge in [0.25, 0.3) is 0 Å². The normalized spacial score (nSPS) is 24.6. The molecule has 1 fully saturated rings. The van der Waals surface area contributed by atoms with Crippen LogP contribution >= 0.6 is 11.6 Å². The van der Waals surface area contributed by atoms with Gasteiger partial charge in [0.2, 0.25) is 5.95 Å². The van der Waals surface area contributed by atoms with E-state index in [-0.39, 0.29) is 0 Å². The molecule has 18 heavy (non-hydrogen) atoms. The van der Waals surface area contributed by atoms with E-state index in [2.05, 4.69) is 16.5 Å². The first-order valence-corrected chi connectivity index (χ1v) is 6.96. The number of anilines is 1. The lowest BCUT2D eigenvalue weighted by atomic mass is 9.87. The SMILES string of the molecule is CC1CCC(n2c(N)nc3ccc(Cl)cc32)CC1. The van der Waals surface area contributed by atoms with E-state index in [1.165, 1.54) is 25.7 Å². The summed E-state index contributed by atoms with van der Waals surface area (Å²) in [6, 6.07) is 6.25. The van der Waals surface area contributed by atoms with Gasteiger partial charge in [-0.1, -0.05) is 18.5 Å². The Morgan fingerprint density at radius 1 is 1.28 bits per heavy atom. The second-order valence-corrected chi connectivity index (χ2v) is 5.82. The van der Waals surface area contributed by atoms with Crippen LogP contribution in [0, 0.1) is 5.92 Å². The number of benzene rings is 1. The number of imidazole rings is 1. The number of nitrogens with zero attached hydrogens (tertiary/aromatic N) is 2. The highest BCUT2D eigenvalue weighted by Crippen LogP contribution is 2.36. The number of aromatic nitrogens is 2. The van der Waals surface area contributed by atoms with E-state index in [4.69, 9.17) is 17.3 Å². The zero-order valence-corrected chi connectivity index (χ0v) is 11.3. The maximum absolute atomic E-state index is 6.08. The Bertz CT molecular complexity index is 568. The number of halogens is 1. The van der Waals surface area contributed by atoms with E-state index in [9.17, 15) is 0 Å². The molecule has 3 nitrogen and oxygen atoms in total. The number of rotatable bonds is 1. The number of hydrogen-bond acceptors (Lipinski definition) is 2. The van der Waals surface area contributed by atoms with Crippen molar-refractivity contribution >= 4 is 28.6 Å². The number of nitrogens with two attached hydrogens (primary N) is 1. The molecule has 0 saturated heterocycles. The third kappa shape index (κ3) is 1.97. The largest absolute Gasteiger partial charge is 0.369 e. The lowest BCUT2D eigenvalue weighted by Crippen LogP contribution is -2.18. The maximum Gasteiger partial charge on any atom is 0.201 e. The Morgan fingerprint density at radius 2 is 2.00 bits per heavy atom. The van der Waals surface area contributed by atoms with Crippen LogP contribution in [-0.2, 0) is 0 Å². The van der Waals surface area contributed by atoms with Gasteiger partial charge in [-0.3, -0.25) is 0 Å². The Labute approximate surface area is 112 Å². The smallest absolute Gasteiger partial charge is 0.201 e. The molecule has 0 unspecified atom stereocenters. The van der Waals surface area contributed by atoms with Gasteiger partial charge < -0.3 is 10.3 Å². The summed E-state index contributed by atoms with van der Waals surface area (Å²) in [5, 5.41) is 0.743. The van der Waals surface area contributed by atoms with Gasteiger partial charge in [0.15, 0.2) is 0 Å². The Kier molecular flexibility index (Phi) is 2.94. The molecule has 4 heteroatoms. The first-order chi connectivity index (χ1) is 8.65. The molecular weight excluding hydrogens is 246 g/mol. The molecule has 2 N–H and O–H groups in total. The summed E-state index contributed by atoms with van der Waals surface area (Å²) in [4.78, 5) is 4.43. The van der Waals surface area contributed by atoms with Crippen LogP contribution in [0.5, 0.6) is 0 Å². The fourth-order valence-corrected chi connectivity index (χ4v) is 3.14. The number of hydrogen-bond donors (Lipinski definition) is 1. The second-order valence-electron chi connectivity index (χ2n) is 5.39. The molecule has 1 aromatic heterocycles. The van der Waals surface area contributed by atoms with Crippen LogP contribution in [0.1, 0.15) is 38.6 Å². The molecule has 1 aromatic carbocycles. The zero-order chi connectivity index (χ0) is 12.7. The fourth-order valence-electron chi connectivity index (χ4n) is 2.97. The highest BCUT2D eigenvalue weighted by molar-refractivity contribution is 6.31. The van der Waals surface area contributed by atoms with Crippen molar-refractivity contribution in [2.45, 2.75) is 38.6 Å². The predicted molar refractivity (Wildman–Crippen MR) is 75.8 cm³/mol. The molecule has 1 aliphatic rings. The van der Waals surface area contributed by atoms with Crippen molar-refractivity contribution < 1.29 is 0 Å². The van der Waals surface area contributed by atoms with Gasteiger partial charge in [-0.15, -0.1) is 0 Å². The van der Waals surface area contributed by atoms with Gasteiger partial charge >= 0.3 is 0 Å². The van der Waals surface area contributed by atoms with Crippen LogP contribution in [0.3, 0.4) is 0 Å². The molecule has 0 radical (unpaired) electrons. The average Bonchev–Trinajstić information content (AvgIpc) is 2.66. The Hall–Kier alpha value is -1.22. The van der Waals surface area contributed by atoms with Crippen molar-refractivity contribution in [2.24, 2.45) is 5.92 Å². The lowest BCUT2D eigenvalue weighted by molar-refractivity contribution is 0.296. The molecule has 0 spiro atoms. The van der Waals surface area contributed by atoms with Crippen molar-refractivity contribution in [1.29, 1.82) is 0 Å².